The smallest absolute Gasteiger partial charge is 0.410 e. The first-order chi connectivity index (χ1) is 19.5. The number of hydrogen-bond acceptors (Lipinski definition) is 7. The van der Waals surface area contributed by atoms with Gasteiger partial charge in [-0.1, -0.05) is 63.2 Å². The van der Waals surface area contributed by atoms with Crippen molar-refractivity contribution in [1.29, 1.82) is 0 Å². The summed E-state index contributed by atoms with van der Waals surface area (Å²) in [4.78, 5) is 19.6. The van der Waals surface area contributed by atoms with E-state index < -0.39 is 5.60 Å². The highest BCUT2D eigenvalue weighted by molar-refractivity contribution is 7.99. The van der Waals surface area contributed by atoms with Crippen molar-refractivity contribution < 1.29 is 14.6 Å². The Kier molecular flexibility index (Phi) is 16.2. The fraction of sp³-hybridized carbons (Fsp3) is 0.424. The number of ether oxygens (including phenoxy) is 1. The molecule has 0 saturated carbocycles. The van der Waals surface area contributed by atoms with E-state index in [2.05, 4.69) is 72.2 Å². The Morgan fingerprint density at radius 3 is 2.07 bits per heavy atom. The second kappa shape index (κ2) is 18.5. The number of carbonyl (C=O) groups is 1. The quantitative estimate of drug-likeness (QED) is 0.260. The molecule has 2 N–H and O–H groups in total. The van der Waals surface area contributed by atoms with E-state index in [1.807, 2.05) is 61.6 Å². The monoisotopic (exact) mass is 599 g/mol. The summed E-state index contributed by atoms with van der Waals surface area (Å²) in [7, 11) is 1.96. The molecule has 0 aliphatic carbocycles. The largest absolute Gasteiger partial charge is 0.508 e. The summed E-state index contributed by atoms with van der Waals surface area (Å²) < 4.78 is 5.49. The minimum absolute atomic E-state index is 0.224. The van der Waals surface area contributed by atoms with Crippen LogP contribution in [0.4, 0.5) is 16.2 Å². The zero-order valence-corrected chi connectivity index (χ0v) is 27.9. The normalized spacial score (nSPS) is 12.4. The summed E-state index contributed by atoms with van der Waals surface area (Å²) in [6.45, 7) is 18.8. The number of nitrogens with zero attached hydrogens (tertiary/aromatic N) is 2. The topological polar surface area (TPSA) is 65.0 Å². The number of piperazine rings is 1. The Morgan fingerprint density at radius 1 is 0.927 bits per heavy atom. The second-order valence-electron chi connectivity index (χ2n) is 9.82. The molecule has 1 heterocycles. The van der Waals surface area contributed by atoms with E-state index in [0.29, 0.717) is 13.1 Å². The van der Waals surface area contributed by atoms with Gasteiger partial charge in [0.2, 0.25) is 0 Å². The van der Waals surface area contributed by atoms with Gasteiger partial charge in [0, 0.05) is 59.3 Å². The van der Waals surface area contributed by atoms with Gasteiger partial charge < -0.3 is 25.0 Å². The molecule has 0 atom stereocenters. The summed E-state index contributed by atoms with van der Waals surface area (Å²) in [5.74, 6) is 0.262. The maximum atomic E-state index is 12.3. The molecule has 3 aromatic carbocycles. The van der Waals surface area contributed by atoms with E-state index in [1.165, 1.54) is 21.0 Å². The minimum Gasteiger partial charge on any atom is -0.508 e. The van der Waals surface area contributed by atoms with Crippen LogP contribution >= 0.6 is 24.4 Å². The number of anilines is 2. The summed E-state index contributed by atoms with van der Waals surface area (Å²) in [6.07, 6.45) is -0.224. The Labute approximate surface area is 257 Å². The van der Waals surface area contributed by atoms with Gasteiger partial charge in [0.1, 0.15) is 11.4 Å². The lowest BCUT2D eigenvalue weighted by Gasteiger charge is -2.37. The van der Waals surface area contributed by atoms with Crippen LogP contribution in [0, 0.1) is 6.92 Å². The van der Waals surface area contributed by atoms with Gasteiger partial charge in [0.05, 0.1) is 0 Å². The number of thiol groups is 1. The van der Waals surface area contributed by atoms with E-state index in [-0.39, 0.29) is 11.8 Å². The minimum atomic E-state index is -0.458. The highest BCUT2D eigenvalue weighted by Gasteiger charge is 2.26. The van der Waals surface area contributed by atoms with Crippen LogP contribution in [0.3, 0.4) is 0 Å². The van der Waals surface area contributed by atoms with Gasteiger partial charge in [0.25, 0.3) is 0 Å². The van der Waals surface area contributed by atoms with E-state index in [1.54, 1.807) is 34.9 Å². The van der Waals surface area contributed by atoms with Crippen LogP contribution < -0.4 is 10.2 Å². The maximum absolute atomic E-state index is 12.3. The predicted molar refractivity (Wildman–Crippen MR) is 179 cm³/mol. The number of rotatable bonds is 4. The van der Waals surface area contributed by atoms with Gasteiger partial charge in [-0.05, 0) is 76.2 Å². The van der Waals surface area contributed by atoms with Crippen LogP contribution in [0.15, 0.2) is 81.4 Å². The van der Waals surface area contributed by atoms with Gasteiger partial charge in [-0.15, -0.1) is 12.6 Å². The molecule has 4 rings (SSSR count). The third-order valence-corrected chi connectivity index (χ3v) is 6.92. The number of hydrogen-bond donors (Lipinski definition) is 3. The van der Waals surface area contributed by atoms with E-state index in [0.717, 1.165) is 23.7 Å². The number of phenolic OH excluding ortho intramolecular Hbond substituents is 1. The van der Waals surface area contributed by atoms with Crippen molar-refractivity contribution in [2.24, 2.45) is 0 Å². The van der Waals surface area contributed by atoms with Crippen LogP contribution in [0.25, 0.3) is 0 Å². The molecule has 226 valence electrons. The Bertz CT molecular complexity index is 1170. The predicted octanol–water partition coefficient (Wildman–Crippen LogP) is 8.98. The lowest BCUT2D eigenvalue weighted by molar-refractivity contribution is 0.0240. The van der Waals surface area contributed by atoms with E-state index >= 15 is 0 Å². The number of aryl methyl sites for hydroxylation is 1. The van der Waals surface area contributed by atoms with Gasteiger partial charge in [0.15, 0.2) is 0 Å². The Morgan fingerprint density at radius 2 is 1.56 bits per heavy atom. The first kappa shape index (κ1) is 36.1. The number of phenols is 1. The van der Waals surface area contributed by atoms with Gasteiger partial charge in [-0.2, -0.15) is 0 Å². The molecular formula is C33H49N3O3S2. The van der Waals surface area contributed by atoms with E-state index in [4.69, 9.17) is 9.84 Å². The molecule has 1 fully saturated rings. The number of aromatic hydroxyl groups is 1. The van der Waals surface area contributed by atoms with Gasteiger partial charge >= 0.3 is 6.09 Å². The van der Waals surface area contributed by atoms with Crippen LogP contribution in [-0.4, -0.2) is 54.9 Å². The first-order valence-electron chi connectivity index (χ1n) is 14.3. The van der Waals surface area contributed by atoms with Crippen LogP contribution in [0.5, 0.6) is 5.75 Å². The lowest BCUT2D eigenvalue weighted by Crippen LogP contribution is -2.50. The number of carbonyl (C=O) groups excluding carboxylic acids is 1. The molecule has 0 aromatic heterocycles. The zero-order chi connectivity index (χ0) is 31.0. The molecule has 8 heteroatoms. The molecule has 3 aromatic rings. The fourth-order valence-corrected chi connectivity index (χ4v) is 5.04. The summed E-state index contributed by atoms with van der Waals surface area (Å²) in [5.41, 5.74) is 3.09. The fourth-order valence-electron chi connectivity index (χ4n) is 3.77. The van der Waals surface area contributed by atoms with Crippen LogP contribution in [0.1, 0.15) is 54.0 Å². The summed E-state index contributed by atoms with van der Waals surface area (Å²) in [6, 6.07) is 21.8. The van der Waals surface area contributed by atoms with Crippen molar-refractivity contribution in [3.63, 3.8) is 0 Å². The van der Waals surface area contributed by atoms with Crippen LogP contribution in [0.2, 0.25) is 0 Å². The van der Waals surface area contributed by atoms with Crippen molar-refractivity contribution in [2.75, 3.05) is 43.4 Å². The molecule has 0 unspecified atom stereocenters. The number of benzene rings is 3. The van der Waals surface area contributed by atoms with Gasteiger partial charge in [-0.3, -0.25) is 0 Å². The molecule has 41 heavy (non-hydrogen) atoms. The highest BCUT2D eigenvalue weighted by atomic mass is 32.2. The highest BCUT2D eigenvalue weighted by Crippen LogP contribution is 2.36. The Hall–Kier alpha value is -2.97. The number of nitrogens with one attached hydrogen (secondary N) is 1. The summed E-state index contributed by atoms with van der Waals surface area (Å²) >= 11 is 5.76. The molecule has 1 saturated heterocycles. The molecule has 1 aliphatic rings. The molecule has 1 amide bonds. The second-order valence-corrected chi connectivity index (χ2v) is 11.5. The van der Waals surface area contributed by atoms with Gasteiger partial charge in [-0.25, -0.2) is 4.79 Å². The zero-order valence-electron chi connectivity index (χ0n) is 26.2. The number of amides is 1. The standard InChI is InChI=1S/C23H31N3O2S.C6H6OS.2C2H6/c1-17-7-6-8-19(15-17)29-21-10-9-18(16-20(21)24-5)25-11-13-26(14-12-25)22(27)28-23(2,3)4;7-5-2-1-3-6(8)4-5;2*1-2/h6-10,15-16,24H,11-14H2,1-5H3;1-4,7-8H;2*1-2H3. The average molecular weight is 600 g/mol. The molecule has 0 radical (unpaired) electrons. The lowest BCUT2D eigenvalue weighted by atomic mass is 10.2. The molecule has 0 bridgehead atoms. The molecule has 1 aliphatic heterocycles. The van der Waals surface area contributed by atoms with Crippen molar-refractivity contribution in [3.05, 3.63) is 72.3 Å². The Balaban J connectivity index is 0.000000590. The van der Waals surface area contributed by atoms with Crippen molar-refractivity contribution in [2.45, 2.75) is 75.7 Å². The maximum Gasteiger partial charge on any atom is 0.410 e. The molecule has 0 spiro atoms. The van der Waals surface area contributed by atoms with Crippen LogP contribution in [-0.2, 0) is 4.74 Å². The van der Waals surface area contributed by atoms with Crippen molar-refractivity contribution >= 4 is 41.9 Å². The average Bonchev–Trinajstić information content (AvgIpc) is 2.95. The van der Waals surface area contributed by atoms with E-state index in [9.17, 15) is 4.79 Å². The third-order valence-electron chi connectivity index (χ3n) is 5.58. The SMILES string of the molecule is CC.CC.CNc1cc(N2CCN(C(=O)OC(C)(C)C)CC2)ccc1Sc1cccc(C)c1.Oc1cccc(S)c1. The summed E-state index contributed by atoms with van der Waals surface area (Å²) in [5, 5.41) is 12.1. The van der Waals surface area contributed by atoms with Crippen molar-refractivity contribution in [3.8, 4) is 5.75 Å². The molecule has 6 nitrogen and oxygen atoms in total. The van der Waals surface area contributed by atoms with Crippen molar-refractivity contribution in [1.82, 2.24) is 4.90 Å². The molecular weight excluding hydrogens is 551 g/mol. The first-order valence-corrected chi connectivity index (χ1v) is 15.6. The third kappa shape index (κ3) is 13.0.